The Labute approximate surface area is 192 Å². The minimum absolute atomic E-state index is 0.165. The zero-order valence-corrected chi connectivity index (χ0v) is 18.8. The van der Waals surface area contributed by atoms with E-state index in [1.165, 1.54) is 30.4 Å². The summed E-state index contributed by atoms with van der Waals surface area (Å²) in [4.78, 5) is 19.6. The average molecular weight is 461 g/mol. The minimum atomic E-state index is -4.34. The summed E-state index contributed by atoms with van der Waals surface area (Å²) in [6.45, 7) is 5.81. The molecule has 1 aliphatic carbocycles. The van der Waals surface area contributed by atoms with Crippen LogP contribution in [0.1, 0.15) is 36.0 Å². The number of benzene rings is 1. The fourth-order valence-corrected chi connectivity index (χ4v) is 5.21. The number of fused-ring (bicyclic) bond motifs is 1. The lowest BCUT2D eigenvalue weighted by Gasteiger charge is -2.43. The molecule has 1 aromatic rings. The molecule has 5 nitrogen and oxygen atoms in total. The number of nitrogens with zero attached hydrogens (tertiary/aromatic N) is 3. The lowest BCUT2D eigenvalue weighted by atomic mass is 9.91. The highest BCUT2D eigenvalue weighted by Crippen LogP contribution is 2.29. The van der Waals surface area contributed by atoms with E-state index >= 15 is 0 Å². The second-order valence-electron chi connectivity index (χ2n) is 9.57. The number of carbonyl (C=O) groups excluding carboxylic acids is 1. The van der Waals surface area contributed by atoms with E-state index in [9.17, 15) is 18.0 Å². The highest BCUT2D eigenvalue weighted by Gasteiger charge is 2.34. The Hall–Kier alpha value is -2.32. The van der Waals surface area contributed by atoms with Gasteiger partial charge in [0, 0.05) is 51.9 Å². The summed E-state index contributed by atoms with van der Waals surface area (Å²) in [5.74, 6) is 0.217. The van der Waals surface area contributed by atoms with Crippen LogP contribution in [0.25, 0.3) is 5.57 Å². The molecule has 0 radical (unpaired) electrons. The van der Waals surface area contributed by atoms with Gasteiger partial charge in [-0.1, -0.05) is 30.7 Å². The molecule has 8 heteroatoms. The normalized spacial score (nSPS) is 22.7. The molecule has 0 spiro atoms. The van der Waals surface area contributed by atoms with Crippen LogP contribution in [0.3, 0.4) is 0 Å². The number of piperazine rings is 1. The first-order chi connectivity index (χ1) is 15.9. The van der Waals surface area contributed by atoms with Gasteiger partial charge in [0.2, 0.25) is 5.91 Å². The second-order valence-corrected chi connectivity index (χ2v) is 9.57. The molecule has 3 aliphatic heterocycles. The summed E-state index contributed by atoms with van der Waals surface area (Å²) in [7, 11) is 0. The summed E-state index contributed by atoms with van der Waals surface area (Å²) in [5.41, 5.74) is 3.52. The lowest BCUT2D eigenvalue weighted by molar-refractivity contribution is -0.135. The molecule has 0 aromatic heterocycles. The first-order valence-corrected chi connectivity index (χ1v) is 11.9. The molecule has 3 heterocycles. The predicted molar refractivity (Wildman–Crippen MR) is 121 cm³/mol. The number of rotatable bonds is 4. The number of nitrogens with one attached hydrogen (secondary N) is 1. The quantitative estimate of drug-likeness (QED) is 0.749. The molecule has 0 atom stereocenters. The van der Waals surface area contributed by atoms with Gasteiger partial charge in [0.15, 0.2) is 0 Å². The van der Waals surface area contributed by atoms with Crippen molar-refractivity contribution in [2.75, 3.05) is 45.8 Å². The first kappa shape index (κ1) is 22.5. The molecule has 1 aromatic carbocycles. The fourth-order valence-electron chi connectivity index (χ4n) is 5.21. The van der Waals surface area contributed by atoms with Gasteiger partial charge in [-0.3, -0.25) is 14.6 Å². The van der Waals surface area contributed by atoms with E-state index < -0.39 is 11.9 Å². The van der Waals surface area contributed by atoms with Gasteiger partial charge in [0.05, 0.1) is 6.54 Å². The highest BCUT2D eigenvalue weighted by atomic mass is 19.4. The van der Waals surface area contributed by atoms with E-state index in [1.807, 2.05) is 11.0 Å². The number of carbonyl (C=O) groups is 1. The van der Waals surface area contributed by atoms with Crippen LogP contribution in [0.2, 0.25) is 0 Å². The topological polar surface area (TPSA) is 38.8 Å². The fraction of sp³-hybridized carbons (Fsp3) is 0.560. The third-order valence-corrected chi connectivity index (χ3v) is 7.51. The van der Waals surface area contributed by atoms with Crippen molar-refractivity contribution in [3.8, 4) is 0 Å². The molecule has 1 amide bonds. The molecule has 33 heavy (non-hydrogen) atoms. The zero-order chi connectivity index (χ0) is 23.0. The molecule has 0 bridgehead atoms. The molecule has 1 saturated carbocycles. The molecule has 5 rings (SSSR count). The molecule has 4 aliphatic rings. The SMILES string of the molecule is O=C(CN1CCc2cc(C3=CC=C(C(F)(F)F)NC3)ccc2C1)N1CCN(C2CCC2)CC1. The molecule has 0 unspecified atom stereocenters. The van der Waals surface area contributed by atoms with Crippen LogP contribution in [0.5, 0.6) is 0 Å². The maximum atomic E-state index is 12.9. The summed E-state index contributed by atoms with van der Waals surface area (Å²) < 4.78 is 38.4. The Morgan fingerprint density at radius 3 is 2.45 bits per heavy atom. The van der Waals surface area contributed by atoms with Gasteiger partial charge >= 0.3 is 6.18 Å². The molecular formula is C25H31F3N4O. The van der Waals surface area contributed by atoms with Crippen molar-refractivity contribution in [3.63, 3.8) is 0 Å². The number of halogens is 3. The number of dihydropyridines is 1. The van der Waals surface area contributed by atoms with Crippen molar-refractivity contribution in [3.05, 3.63) is 52.7 Å². The van der Waals surface area contributed by atoms with Crippen LogP contribution in [0.4, 0.5) is 13.2 Å². The van der Waals surface area contributed by atoms with Crippen LogP contribution >= 0.6 is 0 Å². The molecular weight excluding hydrogens is 429 g/mol. The minimum Gasteiger partial charge on any atom is -0.377 e. The second kappa shape index (κ2) is 9.14. The van der Waals surface area contributed by atoms with Crippen LogP contribution in [0, 0.1) is 0 Å². The van der Waals surface area contributed by atoms with Crippen LogP contribution in [0.15, 0.2) is 36.0 Å². The van der Waals surface area contributed by atoms with Crippen molar-refractivity contribution in [1.29, 1.82) is 0 Å². The third-order valence-electron chi connectivity index (χ3n) is 7.51. The number of hydrogen-bond donors (Lipinski definition) is 1. The van der Waals surface area contributed by atoms with Gasteiger partial charge in [-0.15, -0.1) is 0 Å². The van der Waals surface area contributed by atoms with Gasteiger partial charge < -0.3 is 10.2 Å². The van der Waals surface area contributed by atoms with Gasteiger partial charge in [-0.05, 0) is 47.6 Å². The Balaban J connectivity index is 1.16. The predicted octanol–water partition coefficient (Wildman–Crippen LogP) is 3.17. The van der Waals surface area contributed by atoms with Gasteiger partial charge in [-0.2, -0.15) is 13.2 Å². The van der Waals surface area contributed by atoms with Crippen molar-refractivity contribution in [2.24, 2.45) is 0 Å². The first-order valence-electron chi connectivity index (χ1n) is 11.9. The number of hydrogen-bond acceptors (Lipinski definition) is 4. The van der Waals surface area contributed by atoms with Crippen molar-refractivity contribution in [2.45, 2.75) is 44.4 Å². The number of allylic oxidation sites excluding steroid dienone is 3. The van der Waals surface area contributed by atoms with Crippen molar-refractivity contribution < 1.29 is 18.0 Å². The number of amides is 1. The third kappa shape index (κ3) is 4.96. The highest BCUT2D eigenvalue weighted by molar-refractivity contribution is 5.78. The van der Waals surface area contributed by atoms with Crippen LogP contribution in [-0.2, 0) is 17.8 Å². The summed E-state index contributed by atoms with van der Waals surface area (Å²) in [6, 6.07) is 6.87. The maximum absolute atomic E-state index is 12.9. The van der Waals surface area contributed by atoms with E-state index in [1.54, 1.807) is 6.08 Å². The van der Waals surface area contributed by atoms with Crippen LogP contribution in [-0.4, -0.2) is 78.6 Å². The van der Waals surface area contributed by atoms with E-state index in [0.717, 1.165) is 68.9 Å². The van der Waals surface area contributed by atoms with E-state index in [2.05, 4.69) is 27.2 Å². The zero-order valence-electron chi connectivity index (χ0n) is 18.8. The summed E-state index contributed by atoms with van der Waals surface area (Å²) in [5, 5.41) is 2.48. The Morgan fingerprint density at radius 2 is 1.82 bits per heavy atom. The monoisotopic (exact) mass is 460 g/mol. The van der Waals surface area contributed by atoms with E-state index in [4.69, 9.17) is 0 Å². The van der Waals surface area contributed by atoms with Crippen LogP contribution < -0.4 is 5.32 Å². The van der Waals surface area contributed by atoms with Gasteiger partial charge in [0.25, 0.3) is 0 Å². The van der Waals surface area contributed by atoms with Gasteiger partial charge in [-0.25, -0.2) is 0 Å². The molecule has 178 valence electrons. The maximum Gasteiger partial charge on any atom is 0.430 e. The standard InChI is InChI=1S/C25H31F3N4O/c26-25(27,28)23-7-6-20(15-29-23)18-4-5-21-16-30(9-8-19(21)14-18)17-24(33)32-12-10-31(11-13-32)22-2-1-3-22/h4-7,14,22,29H,1-3,8-13,15-17H2. The summed E-state index contributed by atoms with van der Waals surface area (Å²) in [6.07, 6.45) is 3.12. The smallest absolute Gasteiger partial charge is 0.377 e. The average Bonchev–Trinajstić information content (AvgIpc) is 2.77. The van der Waals surface area contributed by atoms with Crippen molar-refractivity contribution >= 4 is 11.5 Å². The van der Waals surface area contributed by atoms with E-state index in [-0.39, 0.29) is 12.5 Å². The lowest BCUT2D eigenvalue weighted by Crippen LogP contribution is -2.55. The van der Waals surface area contributed by atoms with E-state index in [0.29, 0.717) is 6.54 Å². The molecule has 1 saturated heterocycles. The largest absolute Gasteiger partial charge is 0.430 e. The Morgan fingerprint density at radius 1 is 1.03 bits per heavy atom. The molecule has 2 fully saturated rings. The summed E-state index contributed by atoms with van der Waals surface area (Å²) >= 11 is 0. The van der Waals surface area contributed by atoms with Crippen molar-refractivity contribution in [1.82, 2.24) is 20.0 Å². The Bertz CT molecular complexity index is 959. The molecule has 1 N–H and O–H groups in total. The van der Waals surface area contributed by atoms with Gasteiger partial charge in [0.1, 0.15) is 5.70 Å². The Kier molecular flexibility index (Phi) is 6.22. The number of alkyl halides is 3.